The van der Waals surface area contributed by atoms with E-state index in [1.54, 1.807) is 0 Å². The molecule has 8 nitrogen and oxygen atoms in total. The quantitative estimate of drug-likeness (QED) is 0.722. The fraction of sp³-hybridized carbons (Fsp3) is 0.611. The highest BCUT2D eigenvalue weighted by Crippen LogP contribution is 2.25. The number of nitrogens with zero attached hydrogens (tertiary/aromatic N) is 3. The van der Waals surface area contributed by atoms with Crippen LogP contribution in [0.15, 0.2) is 18.2 Å². The molecule has 1 N–H and O–H groups in total. The van der Waals surface area contributed by atoms with Crippen molar-refractivity contribution in [1.82, 2.24) is 14.1 Å². The van der Waals surface area contributed by atoms with E-state index in [4.69, 9.17) is 9.84 Å². The molecule has 1 aromatic rings. The third-order valence-electron chi connectivity index (χ3n) is 5.15. The molecule has 0 atom stereocenters. The number of carbonyl (C=O) groups is 1. The summed E-state index contributed by atoms with van der Waals surface area (Å²) in [7, 11) is -3.15. The van der Waals surface area contributed by atoms with E-state index in [0.717, 1.165) is 42.9 Å². The molecule has 1 amide bonds. The zero-order chi connectivity index (χ0) is 19.4. The van der Waals surface area contributed by atoms with Gasteiger partial charge in [-0.05, 0) is 36.1 Å². The number of amides is 1. The molecule has 27 heavy (non-hydrogen) atoms. The van der Waals surface area contributed by atoms with Crippen molar-refractivity contribution >= 4 is 16.1 Å². The summed E-state index contributed by atoms with van der Waals surface area (Å²) in [6.45, 7) is 5.09. The van der Waals surface area contributed by atoms with Crippen LogP contribution in [-0.4, -0.2) is 85.9 Å². The molecular formula is C18H27N3O5S. The third-order valence-corrected chi connectivity index (χ3v) is 6.40. The van der Waals surface area contributed by atoms with Gasteiger partial charge in [-0.2, -0.15) is 4.31 Å². The van der Waals surface area contributed by atoms with Crippen LogP contribution in [0.3, 0.4) is 0 Å². The summed E-state index contributed by atoms with van der Waals surface area (Å²) in [5.74, 6) is 0.817. The standard InChI is InChI=1S/C18H27N3O5S/c1-27(24,25)21-7-5-15-13-17(4-3-16(15)14-21)26-12-2-6-19-8-10-20(11-9-19)18(22)23/h3-4,13H,2,5-12,14H2,1H3,(H,22,23). The first-order valence-electron chi connectivity index (χ1n) is 9.23. The van der Waals surface area contributed by atoms with Gasteiger partial charge in [0.25, 0.3) is 0 Å². The first-order valence-corrected chi connectivity index (χ1v) is 11.1. The average Bonchev–Trinajstić information content (AvgIpc) is 2.64. The number of hydrogen-bond acceptors (Lipinski definition) is 5. The molecule has 0 spiro atoms. The Kier molecular flexibility index (Phi) is 6.23. The maximum absolute atomic E-state index is 11.7. The molecule has 0 aliphatic carbocycles. The minimum absolute atomic E-state index is 0.427. The second-order valence-corrected chi connectivity index (χ2v) is 9.07. The van der Waals surface area contributed by atoms with Gasteiger partial charge in [0.2, 0.25) is 10.0 Å². The summed E-state index contributed by atoms with van der Waals surface area (Å²) < 4.78 is 30.7. The summed E-state index contributed by atoms with van der Waals surface area (Å²) in [6.07, 6.45) is 1.99. The molecule has 2 aliphatic heterocycles. The molecule has 0 bridgehead atoms. The first-order chi connectivity index (χ1) is 12.8. The Labute approximate surface area is 160 Å². The molecule has 1 aromatic carbocycles. The van der Waals surface area contributed by atoms with E-state index in [2.05, 4.69) is 4.90 Å². The zero-order valence-corrected chi connectivity index (χ0v) is 16.4. The SMILES string of the molecule is CS(=O)(=O)N1CCc2cc(OCCCN3CCN(C(=O)O)CC3)ccc2C1. The molecule has 1 saturated heterocycles. The second kappa shape index (κ2) is 8.45. The highest BCUT2D eigenvalue weighted by molar-refractivity contribution is 7.88. The number of piperazine rings is 1. The Morgan fingerprint density at radius 2 is 1.89 bits per heavy atom. The lowest BCUT2D eigenvalue weighted by Gasteiger charge is -2.33. The Morgan fingerprint density at radius 1 is 1.15 bits per heavy atom. The van der Waals surface area contributed by atoms with E-state index in [9.17, 15) is 13.2 Å². The van der Waals surface area contributed by atoms with E-state index in [0.29, 0.717) is 39.2 Å². The van der Waals surface area contributed by atoms with E-state index in [-0.39, 0.29) is 0 Å². The summed E-state index contributed by atoms with van der Waals surface area (Å²) in [5, 5.41) is 8.96. The van der Waals surface area contributed by atoms with Gasteiger partial charge in [0.1, 0.15) is 5.75 Å². The molecule has 9 heteroatoms. The lowest BCUT2D eigenvalue weighted by molar-refractivity contribution is 0.103. The van der Waals surface area contributed by atoms with Crippen LogP contribution in [0.2, 0.25) is 0 Å². The number of carboxylic acid groups (broad SMARTS) is 1. The molecular weight excluding hydrogens is 370 g/mol. The molecule has 0 saturated carbocycles. The minimum atomic E-state index is -3.15. The van der Waals surface area contributed by atoms with Gasteiger partial charge in [-0.15, -0.1) is 0 Å². The van der Waals surface area contributed by atoms with Gasteiger partial charge in [0, 0.05) is 45.8 Å². The predicted molar refractivity (Wildman–Crippen MR) is 102 cm³/mol. The molecule has 1 fully saturated rings. The van der Waals surface area contributed by atoms with Crippen molar-refractivity contribution in [3.05, 3.63) is 29.3 Å². The molecule has 2 aliphatic rings. The zero-order valence-electron chi connectivity index (χ0n) is 15.6. The monoisotopic (exact) mass is 397 g/mol. The van der Waals surface area contributed by atoms with E-state index in [1.807, 2.05) is 18.2 Å². The van der Waals surface area contributed by atoms with E-state index < -0.39 is 16.1 Å². The number of ether oxygens (including phenoxy) is 1. The van der Waals surface area contributed by atoms with E-state index >= 15 is 0 Å². The molecule has 0 radical (unpaired) electrons. The van der Waals surface area contributed by atoms with Crippen LogP contribution < -0.4 is 4.74 Å². The van der Waals surface area contributed by atoms with Gasteiger partial charge in [0.05, 0.1) is 12.9 Å². The summed E-state index contributed by atoms with van der Waals surface area (Å²) in [6, 6.07) is 5.87. The summed E-state index contributed by atoms with van der Waals surface area (Å²) in [4.78, 5) is 14.6. The fourth-order valence-electron chi connectivity index (χ4n) is 3.52. The van der Waals surface area contributed by atoms with Gasteiger partial charge in [-0.3, -0.25) is 4.90 Å². The van der Waals surface area contributed by atoms with Crippen LogP contribution in [0.25, 0.3) is 0 Å². The molecule has 0 unspecified atom stereocenters. The van der Waals surface area contributed by atoms with Crippen LogP contribution in [0, 0.1) is 0 Å². The van der Waals surface area contributed by atoms with Crippen molar-refractivity contribution < 1.29 is 23.1 Å². The van der Waals surface area contributed by atoms with Crippen molar-refractivity contribution in [3.8, 4) is 5.75 Å². The van der Waals surface area contributed by atoms with Crippen LogP contribution in [0.4, 0.5) is 4.79 Å². The van der Waals surface area contributed by atoms with Gasteiger partial charge in [-0.25, -0.2) is 13.2 Å². The third kappa shape index (κ3) is 5.33. The highest BCUT2D eigenvalue weighted by Gasteiger charge is 2.23. The second-order valence-electron chi connectivity index (χ2n) is 7.09. The molecule has 3 rings (SSSR count). The minimum Gasteiger partial charge on any atom is -0.494 e. The highest BCUT2D eigenvalue weighted by atomic mass is 32.2. The van der Waals surface area contributed by atoms with Crippen molar-refractivity contribution in [2.75, 3.05) is 52.1 Å². The van der Waals surface area contributed by atoms with Crippen molar-refractivity contribution in [3.63, 3.8) is 0 Å². The molecule has 0 aromatic heterocycles. The topological polar surface area (TPSA) is 90.4 Å². The van der Waals surface area contributed by atoms with Gasteiger partial charge < -0.3 is 14.7 Å². The van der Waals surface area contributed by atoms with Crippen molar-refractivity contribution in [2.45, 2.75) is 19.4 Å². The normalized spacial score (nSPS) is 18.9. The molecule has 2 heterocycles. The Balaban J connectivity index is 1.42. The maximum Gasteiger partial charge on any atom is 0.407 e. The smallest absolute Gasteiger partial charge is 0.407 e. The number of benzene rings is 1. The van der Waals surface area contributed by atoms with Crippen LogP contribution in [-0.2, 0) is 23.0 Å². The Bertz CT molecular complexity index is 775. The average molecular weight is 397 g/mol. The largest absolute Gasteiger partial charge is 0.494 e. The number of sulfonamides is 1. The predicted octanol–water partition coefficient (Wildman–Crippen LogP) is 1.07. The lowest BCUT2D eigenvalue weighted by Crippen LogP contribution is -2.48. The number of fused-ring (bicyclic) bond motifs is 1. The van der Waals surface area contributed by atoms with Crippen molar-refractivity contribution in [1.29, 1.82) is 0 Å². The van der Waals surface area contributed by atoms with Crippen LogP contribution >= 0.6 is 0 Å². The van der Waals surface area contributed by atoms with E-state index in [1.165, 1.54) is 15.5 Å². The Morgan fingerprint density at radius 3 is 2.56 bits per heavy atom. The van der Waals surface area contributed by atoms with Gasteiger partial charge >= 0.3 is 6.09 Å². The van der Waals surface area contributed by atoms with Gasteiger partial charge in [0.15, 0.2) is 0 Å². The number of rotatable bonds is 6. The van der Waals surface area contributed by atoms with Crippen LogP contribution in [0.5, 0.6) is 5.75 Å². The van der Waals surface area contributed by atoms with Crippen molar-refractivity contribution in [2.24, 2.45) is 0 Å². The van der Waals surface area contributed by atoms with Gasteiger partial charge in [-0.1, -0.05) is 6.07 Å². The summed E-state index contributed by atoms with van der Waals surface area (Å²) in [5.41, 5.74) is 2.19. The lowest BCUT2D eigenvalue weighted by atomic mass is 10.0. The Hall–Kier alpha value is -1.84. The molecule has 150 valence electrons. The maximum atomic E-state index is 11.7. The summed E-state index contributed by atoms with van der Waals surface area (Å²) >= 11 is 0. The first kappa shape index (κ1) is 19.9. The number of hydrogen-bond donors (Lipinski definition) is 1. The van der Waals surface area contributed by atoms with Crippen LogP contribution in [0.1, 0.15) is 17.5 Å². The fourth-order valence-corrected chi connectivity index (χ4v) is 4.31.